The molecular weight excluding hydrogens is 226 g/mol. The van der Waals surface area contributed by atoms with E-state index in [9.17, 15) is 4.79 Å². The number of para-hydroxylation sites is 1. The van der Waals surface area contributed by atoms with Crippen LogP contribution in [0.25, 0.3) is 0 Å². The molecule has 0 amide bonds. The molecule has 3 nitrogen and oxygen atoms in total. The number of hydrogen-bond donors (Lipinski definition) is 1. The normalized spacial score (nSPS) is 10.1. The Balaban J connectivity index is 2.27. The summed E-state index contributed by atoms with van der Waals surface area (Å²) in [4.78, 5) is 12.0. The van der Waals surface area contributed by atoms with Gasteiger partial charge in [-0.25, -0.2) is 4.79 Å². The zero-order valence-corrected chi connectivity index (χ0v) is 10.4. The summed E-state index contributed by atoms with van der Waals surface area (Å²) in [7, 11) is 0. The molecule has 0 unspecified atom stereocenters. The molecule has 0 saturated heterocycles. The van der Waals surface area contributed by atoms with E-state index in [0.717, 1.165) is 11.1 Å². The van der Waals surface area contributed by atoms with E-state index in [1.165, 1.54) is 0 Å². The minimum atomic E-state index is -0.429. The van der Waals surface area contributed by atoms with Gasteiger partial charge in [0.2, 0.25) is 0 Å². The molecule has 18 heavy (non-hydrogen) atoms. The lowest BCUT2D eigenvalue weighted by Gasteiger charge is -2.10. The Morgan fingerprint density at radius 2 is 1.78 bits per heavy atom. The molecular formula is C15H15NO2. The van der Waals surface area contributed by atoms with E-state index in [1.54, 1.807) is 30.3 Å². The van der Waals surface area contributed by atoms with Gasteiger partial charge < -0.3 is 10.5 Å². The van der Waals surface area contributed by atoms with Crippen molar-refractivity contribution < 1.29 is 9.53 Å². The quantitative estimate of drug-likeness (QED) is 0.499. The van der Waals surface area contributed by atoms with Gasteiger partial charge in [0.15, 0.2) is 0 Å². The van der Waals surface area contributed by atoms with Crippen LogP contribution in [-0.2, 0) is 0 Å². The van der Waals surface area contributed by atoms with Crippen LogP contribution in [0.4, 0.5) is 5.69 Å². The summed E-state index contributed by atoms with van der Waals surface area (Å²) in [5.74, 6) is 0.144. The number of aryl methyl sites for hydroxylation is 1. The van der Waals surface area contributed by atoms with Crippen molar-refractivity contribution in [2.24, 2.45) is 0 Å². The maximum atomic E-state index is 12.0. The Morgan fingerprint density at radius 1 is 1.06 bits per heavy atom. The predicted octanol–water partition coefficient (Wildman–Crippen LogP) is 3.10. The van der Waals surface area contributed by atoms with Gasteiger partial charge in [-0.15, -0.1) is 0 Å². The molecule has 0 aliphatic rings. The molecule has 92 valence electrons. The number of carbonyl (C=O) groups excluding carboxylic acids is 1. The summed E-state index contributed by atoms with van der Waals surface area (Å²) in [5, 5.41) is 0. The van der Waals surface area contributed by atoms with Crippen molar-refractivity contribution in [1.29, 1.82) is 0 Å². The molecule has 0 spiro atoms. The fourth-order valence-electron chi connectivity index (χ4n) is 1.67. The summed E-state index contributed by atoms with van der Waals surface area (Å²) in [6.45, 7) is 3.90. The van der Waals surface area contributed by atoms with Gasteiger partial charge in [0.1, 0.15) is 5.75 Å². The zero-order valence-electron chi connectivity index (χ0n) is 10.4. The Hall–Kier alpha value is -2.29. The van der Waals surface area contributed by atoms with Crippen LogP contribution in [0.1, 0.15) is 21.5 Å². The monoisotopic (exact) mass is 241 g/mol. The Labute approximate surface area is 106 Å². The summed E-state index contributed by atoms with van der Waals surface area (Å²) < 4.78 is 5.37. The highest BCUT2D eigenvalue weighted by molar-refractivity contribution is 5.96. The largest absolute Gasteiger partial charge is 0.423 e. The van der Waals surface area contributed by atoms with Crippen LogP contribution < -0.4 is 10.5 Å². The highest BCUT2D eigenvalue weighted by atomic mass is 16.5. The number of anilines is 1. The van der Waals surface area contributed by atoms with Gasteiger partial charge in [0.25, 0.3) is 0 Å². The van der Waals surface area contributed by atoms with E-state index in [1.807, 2.05) is 26.0 Å². The highest BCUT2D eigenvalue weighted by Gasteiger charge is 2.13. The summed E-state index contributed by atoms with van der Waals surface area (Å²) in [6, 6.07) is 12.5. The summed E-state index contributed by atoms with van der Waals surface area (Å²) in [5.41, 5.74) is 8.60. The smallest absolute Gasteiger partial charge is 0.345 e. The van der Waals surface area contributed by atoms with Crippen molar-refractivity contribution in [3.63, 3.8) is 0 Å². The van der Waals surface area contributed by atoms with Gasteiger partial charge in [-0.3, -0.25) is 0 Å². The molecule has 2 aromatic carbocycles. The van der Waals surface area contributed by atoms with E-state index in [2.05, 4.69) is 0 Å². The van der Waals surface area contributed by atoms with Gasteiger partial charge in [-0.2, -0.15) is 0 Å². The van der Waals surface area contributed by atoms with Crippen LogP contribution in [0.3, 0.4) is 0 Å². The molecule has 0 fully saturated rings. The van der Waals surface area contributed by atoms with Crippen molar-refractivity contribution in [1.82, 2.24) is 0 Å². The molecule has 0 saturated carbocycles. The first-order valence-electron chi connectivity index (χ1n) is 5.72. The van der Waals surface area contributed by atoms with Crippen LogP contribution >= 0.6 is 0 Å². The van der Waals surface area contributed by atoms with E-state index >= 15 is 0 Å². The fourth-order valence-corrected chi connectivity index (χ4v) is 1.67. The molecule has 0 heterocycles. The average molecular weight is 241 g/mol. The van der Waals surface area contributed by atoms with Crippen LogP contribution in [0.2, 0.25) is 0 Å². The van der Waals surface area contributed by atoms with Crippen LogP contribution in [0, 0.1) is 13.8 Å². The molecule has 0 aliphatic carbocycles. The van der Waals surface area contributed by atoms with Crippen molar-refractivity contribution >= 4 is 11.7 Å². The van der Waals surface area contributed by atoms with Gasteiger partial charge in [-0.1, -0.05) is 24.3 Å². The number of esters is 1. The SMILES string of the molecule is Cc1cccc(OC(=O)c2ccccc2N)c1C. The average Bonchev–Trinajstić information content (AvgIpc) is 2.35. The number of carbonyl (C=O) groups is 1. The van der Waals surface area contributed by atoms with Gasteiger partial charge in [0, 0.05) is 5.69 Å². The molecule has 3 heteroatoms. The van der Waals surface area contributed by atoms with Crippen molar-refractivity contribution in [3.05, 3.63) is 59.2 Å². The van der Waals surface area contributed by atoms with Gasteiger partial charge in [0.05, 0.1) is 5.56 Å². The maximum Gasteiger partial charge on any atom is 0.345 e. The summed E-state index contributed by atoms with van der Waals surface area (Å²) >= 11 is 0. The van der Waals surface area contributed by atoms with E-state index < -0.39 is 5.97 Å². The highest BCUT2D eigenvalue weighted by Crippen LogP contribution is 2.22. The number of benzene rings is 2. The fraction of sp³-hybridized carbons (Fsp3) is 0.133. The Morgan fingerprint density at radius 3 is 2.50 bits per heavy atom. The molecule has 2 N–H and O–H groups in total. The first-order valence-corrected chi connectivity index (χ1v) is 5.72. The molecule has 2 aromatic rings. The van der Waals surface area contributed by atoms with E-state index in [0.29, 0.717) is 17.0 Å². The predicted molar refractivity (Wildman–Crippen MR) is 71.7 cm³/mol. The van der Waals surface area contributed by atoms with E-state index in [4.69, 9.17) is 10.5 Å². The maximum absolute atomic E-state index is 12.0. The third-order valence-corrected chi connectivity index (χ3v) is 2.94. The molecule has 0 bridgehead atoms. The zero-order chi connectivity index (χ0) is 13.1. The minimum Gasteiger partial charge on any atom is -0.423 e. The van der Waals surface area contributed by atoms with Crippen molar-refractivity contribution in [3.8, 4) is 5.75 Å². The van der Waals surface area contributed by atoms with Crippen molar-refractivity contribution in [2.75, 3.05) is 5.73 Å². The first-order chi connectivity index (χ1) is 8.59. The lowest BCUT2D eigenvalue weighted by Crippen LogP contribution is -2.11. The molecule has 0 aromatic heterocycles. The van der Waals surface area contributed by atoms with Crippen LogP contribution in [0.5, 0.6) is 5.75 Å². The lowest BCUT2D eigenvalue weighted by atomic mass is 10.1. The van der Waals surface area contributed by atoms with Gasteiger partial charge >= 0.3 is 5.97 Å². The second-order valence-electron chi connectivity index (χ2n) is 4.17. The number of nitrogens with two attached hydrogens (primary N) is 1. The Kier molecular flexibility index (Phi) is 3.33. The number of ether oxygens (including phenoxy) is 1. The third-order valence-electron chi connectivity index (χ3n) is 2.94. The summed E-state index contributed by atoms with van der Waals surface area (Å²) in [6.07, 6.45) is 0. The molecule has 0 radical (unpaired) electrons. The second kappa shape index (κ2) is 4.92. The third kappa shape index (κ3) is 2.35. The number of rotatable bonds is 2. The first kappa shape index (κ1) is 12.2. The minimum absolute atomic E-state index is 0.387. The lowest BCUT2D eigenvalue weighted by molar-refractivity contribution is 0.0734. The molecule has 0 aliphatic heterocycles. The van der Waals surface area contributed by atoms with E-state index in [-0.39, 0.29) is 0 Å². The molecule has 2 rings (SSSR count). The standard InChI is InChI=1S/C15H15NO2/c1-10-6-5-9-14(11(10)2)18-15(17)12-7-3-4-8-13(12)16/h3-9H,16H2,1-2H3. The van der Waals surface area contributed by atoms with Crippen LogP contribution in [0.15, 0.2) is 42.5 Å². The topological polar surface area (TPSA) is 52.3 Å². The number of hydrogen-bond acceptors (Lipinski definition) is 3. The number of nitrogen functional groups attached to an aromatic ring is 1. The Bertz CT molecular complexity index is 591. The molecule has 0 atom stereocenters. The second-order valence-corrected chi connectivity index (χ2v) is 4.17. The van der Waals surface area contributed by atoms with Crippen LogP contribution in [-0.4, -0.2) is 5.97 Å². The van der Waals surface area contributed by atoms with Gasteiger partial charge in [-0.05, 0) is 43.2 Å². The van der Waals surface area contributed by atoms with Crippen molar-refractivity contribution in [2.45, 2.75) is 13.8 Å².